The van der Waals surface area contributed by atoms with Crippen LogP contribution in [0.25, 0.3) is 11.6 Å². The SMILES string of the molecule is C[C@H](O)CNC(=O)C1CCN([C@H](C)c2nc(-c3ccco3)no2)CC1. The van der Waals surface area contributed by atoms with Gasteiger partial charge >= 0.3 is 0 Å². The number of carbonyl (C=O) groups excluding carboxylic acids is 1. The minimum absolute atomic E-state index is 0.0106. The van der Waals surface area contributed by atoms with Crippen molar-refractivity contribution in [2.24, 2.45) is 5.92 Å². The molecule has 0 spiro atoms. The van der Waals surface area contributed by atoms with Gasteiger partial charge in [0.2, 0.25) is 17.6 Å². The van der Waals surface area contributed by atoms with Crippen LogP contribution in [0.2, 0.25) is 0 Å². The number of rotatable bonds is 6. The van der Waals surface area contributed by atoms with E-state index in [-0.39, 0.29) is 17.9 Å². The summed E-state index contributed by atoms with van der Waals surface area (Å²) in [5.41, 5.74) is 0. The standard InChI is InChI=1S/C17H24N4O4/c1-11(22)10-18-16(23)13-5-7-21(8-6-13)12(2)17-19-15(20-25-17)14-4-3-9-24-14/h3-4,9,11-13,22H,5-8,10H2,1-2H3,(H,18,23)/t11-,12+/m0/s1. The summed E-state index contributed by atoms with van der Waals surface area (Å²) in [5.74, 6) is 1.58. The van der Waals surface area contributed by atoms with Gasteiger partial charge < -0.3 is 19.4 Å². The summed E-state index contributed by atoms with van der Waals surface area (Å²) in [6, 6.07) is 3.55. The Labute approximate surface area is 146 Å². The van der Waals surface area contributed by atoms with E-state index < -0.39 is 6.10 Å². The summed E-state index contributed by atoms with van der Waals surface area (Å²) < 4.78 is 10.7. The highest BCUT2D eigenvalue weighted by atomic mass is 16.5. The average molecular weight is 348 g/mol. The summed E-state index contributed by atoms with van der Waals surface area (Å²) in [7, 11) is 0. The molecular weight excluding hydrogens is 324 g/mol. The van der Waals surface area contributed by atoms with Crippen molar-refractivity contribution in [3.8, 4) is 11.6 Å². The highest BCUT2D eigenvalue weighted by Crippen LogP contribution is 2.27. The van der Waals surface area contributed by atoms with Crippen molar-refractivity contribution >= 4 is 5.91 Å². The van der Waals surface area contributed by atoms with Crippen LogP contribution < -0.4 is 5.32 Å². The van der Waals surface area contributed by atoms with E-state index in [4.69, 9.17) is 8.94 Å². The number of aliphatic hydroxyl groups excluding tert-OH is 1. The molecule has 2 aromatic rings. The van der Waals surface area contributed by atoms with Crippen LogP contribution >= 0.6 is 0 Å². The maximum atomic E-state index is 12.1. The molecule has 0 aromatic carbocycles. The van der Waals surface area contributed by atoms with Gasteiger partial charge in [-0.15, -0.1) is 0 Å². The van der Waals surface area contributed by atoms with Crippen LogP contribution in [0.5, 0.6) is 0 Å². The minimum atomic E-state index is -0.523. The number of piperidine rings is 1. The lowest BCUT2D eigenvalue weighted by atomic mass is 9.95. The van der Waals surface area contributed by atoms with Gasteiger partial charge in [-0.05, 0) is 51.9 Å². The van der Waals surface area contributed by atoms with Crippen molar-refractivity contribution in [3.05, 3.63) is 24.3 Å². The van der Waals surface area contributed by atoms with Crippen molar-refractivity contribution in [2.75, 3.05) is 19.6 Å². The molecule has 1 saturated heterocycles. The Hall–Kier alpha value is -2.19. The molecule has 8 nitrogen and oxygen atoms in total. The van der Waals surface area contributed by atoms with Gasteiger partial charge in [-0.2, -0.15) is 4.98 Å². The number of aromatic nitrogens is 2. The number of nitrogens with one attached hydrogen (secondary N) is 1. The van der Waals surface area contributed by atoms with E-state index in [1.807, 2.05) is 6.92 Å². The van der Waals surface area contributed by atoms with Crippen molar-refractivity contribution in [1.82, 2.24) is 20.4 Å². The lowest BCUT2D eigenvalue weighted by Crippen LogP contribution is -2.42. The van der Waals surface area contributed by atoms with Gasteiger partial charge in [-0.25, -0.2) is 0 Å². The van der Waals surface area contributed by atoms with Crippen LogP contribution in [0.1, 0.15) is 38.6 Å². The number of nitrogens with zero attached hydrogens (tertiary/aromatic N) is 3. The van der Waals surface area contributed by atoms with Gasteiger partial charge in [-0.3, -0.25) is 9.69 Å². The quantitative estimate of drug-likeness (QED) is 0.817. The molecule has 1 fully saturated rings. The second-order valence-electron chi connectivity index (χ2n) is 6.51. The maximum absolute atomic E-state index is 12.1. The Morgan fingerprint density at radius 3 is 2.84 bits per heavy atom. The third-order valence-corrected chi connectivity index (χ3v) is 4.56. The van der Waals surface area contributed by atoms with Crippen LogP contribution in [0.15, 0.2) is 27.3 Å². The molecular formula is C17H24N4O4. The largest absolute Gasteiger partial charge is 0.461 e. The molecule has 1 aliphatic heterocycles. The molecule has 3 heterocycles. The molecule has 1 aliphatic rings. The van der Waals surface area contributed by atoms with Crippen LogP contribution in [-0.4, -0.2) is 51.8 Å². The molecule has 2 N–H and O–H groups in total. The summed E-state index contributed by atoms with van der Waals surface area (Å²) >= 11 is 0. The Morgan fingerprint density at radius 2 is 2.20 bits per heavy atom. The molecule has 0 unspecified atom stereocenters. The van der Waals surface area contributed by atoms with Gasteiger partial charge in [0.05, 0.1) is 18.4 Å². The summed E-state index contributed by atoms with van der Waals surface area (Å²) in [6.45, 7) is 5.55. The highest BCUT2D eigenvalue weighted by Gasteiger charge is 2.30. The number of carbonyl (C=O) groups is 1. The molecule has 0 radical (unpaired) electrons. The Bertz CT molecular complexity index is 675. The summed E-state index contributed by atoms with van der Waals surface area (Å²) in [5, 5.41) is 16.0. The highest BCUT2D eigenvalue weighted by molar-refractivity contribution is 5.78. The number of likely N-dealkylation sites (tertiary alicyclic amines) is 1. The lowest BCUT2D eigenvalue weighted by molar-refractivity contribution is -0.127. The van der Waals surface area contributed by atoms with E-state index in [9.17, 15) is 9.90 Å². The lowest BCUT2D eigenvalue weighted by Gasteiger charge is -2.33. The Morgan fingerprint density at radius 1 is 1.44 bits per heavy atom. The normalized spacial score (nSPS) is 18.8. The van der Waals surface area contributed by atoms with Crippen molar-refractivity contribution in [3.63, 3.8) is 0 Å². The van der Waals surface area contributed by atoms with E-state index >= 15 is 0 Å². The predicted octanol–water partition coefficient (Wildman–Crippen LogP) is 1.60. The molecule has 25 heavy (non-hydrogen) atoms. The monoisotopic (exact) mass is 348 g/mol. The minimum Gasteiger partial charge on any atom is -0.461 e. The third kappa shape index (κ3) is 4.26. The zero-order valence-corrected chi connectivity index (χ0v) is 14.5. The Kier molecular flexibility index (Phi) is 5.50. The number of amides is 1. The van der Waals surface area contributed by atoms with Crippen LogP contribution in [0.4, 0.5) is 0 Å². The second kappa shape index (κ2) is 7.79. The van der Waals surface area contributed by atoms with Gasteiger partial charge in [0.15, 0.2) is 5.76 Å². The summed E-state index contributed by atoms with van der Waals surface area (Å²) in [4.78, 5) is 18.7. The van der Waals surface area contributed by atoms with E-state index in [1.165, 1.54) is 0 Å². The first-order valence-electron chi connectivity index (χ1n) is 8.62. The molecule has 8 heteroatoms. The first kappa shape index (κ1) is 17.6. The van der Waals surface area contributed by atoms with Crippen LogP contribution in [0, 0.1) is 5.92 Å². The maximum Gasteiger partial charge on any atom is 0.244 e. The number of hydrogen-bond acceptors (Lipinski definition) is 7. The zero-order chi connectivity index (χ0) is 17.8. The first-order chi connectivity index (χ1) is 12.0. The molecule has 136 valence electrons. The number of aliphatic hydroxyl groups is 1. The number of hydrogen-bond donors (Lipinski definition) is 2. The summed E-state index contributed by atoms with van der Waals surface area (Å²) in [6.07, 6.45) is 2.59. The van der Waals surface area contributed by atoms with E-state index in [1.54, 1.807) is 25.3 Å². The van der Waals surface area contributed by atoms with Crippen molar-refractivity contribution in [1.29, 1.82) is 0 Å². The van der Waals surface area contributed by atoms with Gasteiger partial charge in [0, 0.05) is 12.5 Å². The molecule has 0 saturated carbocycles. The predicted molar refractivity (Wildman–Crippen MR) is 89.4 cm³/mol. The fraction of sp³-hybridized carbons (Fsp3) is 0.588. The topological polar surface area (TPSA) is 105 Å². The molecule has 3 rings (SSSR count). The van der Waals surface area contributed by atoms with Crippen molar-refractivity contribution in [2.45, 2.75) is 38.8 Å². The van der Waals surface area contributed by atoms with Crippen LogP contribution in [-0.2, 0) is 4.79 Å². The molecule has 0 bridgehead atoms. The third-order valence-electron chi connectivity index (χ3n) is 4.56. The average Bonchev–Trinajstić information content (AvgIpc) is 3.30. The van der Waals surface area contributed by atoms with Crippen molar-refractivity contribution < 1.29 is 18.8 Å². The molecule has 2 aromatic heterocycles. The van der Waals surface area contributed by atoms with Crippen LogP contribution in [0.3, 0.4) is 0 Å². The van der Waals surface area contributed by atoms with Gasteiger partial charge in [0.1, 0.15) is 0 Å². The van der Waals surface area contributed by atoms with E-state index in [0.717, 1.165) is 25.9 Å². The van der Waals surface area contributed by atoms with Gasteiger partial charge in [0.25, 0.3) is 0 Å². The fourth-order valence-corrected chi connectivity index (χ4v) is 3.01. The fourth-order valence-electron chi connectivity index (χ4n) is 3.01. The van der Waals surface area contributed by atoms with E-state index in [0.29, 0.717) is 24.0 Å². The molecule has 0 aliphatic carbocycles. The smallest absolute Gasteiger partial charge is 0.244 e. The second-order valence-corrected chi connectivity index (χ2v) is 6.51. The Balaban J connectivity index is 1.53. The zero-order valence-electron chi connectivity index (χ0n) is 14.5. The first-order valence-corrected chi connectivity index (χ1v) is 8.62. The molecule has 1 amide bonds. The van der Waals surface area contributed by atoms with E-state index in [2.05, 4.69) is 20.4 Å². The van der Waals surface area contributed by atoms with Gasteiger partial charge in [-0.1, -0.05) is 5.16 Å². The molecule has 2 atom stereocenters. The number of furan rings is 1.